The van der Waals surface area contributed by atoms with Crippen molar-refractivity contribution in [2.45, 2.75) is 37.1 Å². The Bertz CT molecular complexity index is 412. The lowest BCUT2D eigenvalue weighted by atomic mass is 10.2. The van der Waals surface area contributed by atoms with Gasteiger partial charge in [0.1, 0.15) is 0 Å². The summed E-state index contributed by atoms with van der Waals surface area (Å²) in [7, 11) is 1.69. The van der Waals surface area contributed by atoms with Crippen LogP contribution in [0.25, 0.3) is 0 Å². The van der Waals surface area contributed by atoms with E-state index < -0.39 is 0 Å². The Labute approximate surface area is 110 Å². The minimum atomic E-state index is -0.153. The van der Waals surface area contributed by atoms with Gasteiger partial charge in [0.15, 0.2) is 5.16 Å². The average Bonchev–Trinajstić information content (AvgIpc) is 2.99. The van der Waals surface area contributed by atoms with Gasteiger partial charge in [-0.1, -0.05) is 11.8 Å². The van der Waals surface area contributed by atoms with Crippen molar-refractivity contribution >= 4 is 11.8 Å². The van der Waals surface area contributed by atoms with Crippen LogP contribution in [0.1, 0.15) is 19.3 Å². The quantitative estimate of drug-likeness (QED) is 0.590. The van der Waals surface area contributed by atoms with E-state index in [1.54, 1.807) is 23.4 Å². The van der Waals surface area contributed by atoms with Gasteiger partial charge < -0.3 is 9.47 Å². The average molecular weight is 273 g/mol. The Morgan fingerprint density at radius 2 is 2.56 bits per heavy atom. The van der Waals surface area contributed by atoms with E-state index in [0.29, 0.717) is 6.54 Å². The van der Waals surface area contributed by atoms with Crippen LogP contribution in [0, 0.1) is 0 Å². The number of aromatic amines is 1. The zero-order valence-electron chi connectivity index (χ0n) is 10.6. The summed E-state index contributed by atoms with van der Waals surface area (Å²) in [5.41, 5.74) is -0.153. The summed E-state index contributed by atoms with van der Waals surface area (Å²) in [5.74, 6) is 0.893. The van der Waals surface area contributed by atoms with Crippen molar-refractivity contribution in [3.05, 3.63) is 10.5 Å². The molecule has 2 rings (SSSR count). The van der Waals surface area contributed by atoms with Gasteiger partial charge in [-0.2, -0.15) is 0 Å². The fraction of sp³-hybridized carbons (Fsp3) is 0.818. The van der Waals surface area contributed by atoms with Crippen LogP contribution in [-0.2, 0) is 16.0 Å². The summed E-state index contributed by atoms with van der Waals surface area (Å²) in [6, 6.07) is 0. The summed E-state index contributed by atoms with van der Waals surface area (Å²) >= 11 is 1.58. The van der Waals surface area contributed by atoms with Gasteiger partial charge in [0.25, 0.3) is 0 Å². The van der Waals surface area contributed by atoms with E-state index in [1.807, 2.05) is 0 Å². The van der Waals surface area contributed by atoms with Gasteiger partial charge in [0, 0.05) is 26.1 Å². The molecule has 1 aromatic rings. The highest BCUT2D eigenvalue weighted by Crippen LogP contribution is 2.18. The Balaban J connectivity index is 1.91. The zero-order valence-corrected chi connectivity index (χ0v) is 11.4. The maximum Gasteiger partial charge on any atom is 0.344 e. The Kier molecular flexibility index (Phi) is 5.27. The molecule has 0 amide bonds. The molecule has 0 bridgehead atoms. The van der Waals surface area contributed by atoms with Gasteiger partial charge in [-0.05, 0) is 19.3 Å². The number of ether oxygens (including phenoxy) is 2. The lowest BCUT2D eigenvalue weighted by Gasteiger charge is -2.10. The molecule has 1 atom stereocenters. The van der Waals surface area contributed by atoms with Crippen LogP contribution in [-0.4, -0.2) is 46.9 Å². The highest BCUT2D eigenvalue weighted by atomic mass is 32.2. The molecule has 0 aromatic carbocycles. The molecule has 102 valence electrons. The molecule has 18 heavy (non-hydrogen) atoms. The number of nitrogens with one attached hydrogen (secondary N) is 1. The molecule has 1 unspecified atom stereocenters. The molecule has 0 spiro atoms. The Hall–Kier alpha value is -0.790. The van der Waals surface area contributed by atoms with Gasteiger partial charge in [-0.15, -0.1) is 5.10 Å². The smallest absolute Gasteiger partial charge is 0.344 e. The van der Waals surface area contributed by atoms with E-state index in [-0.39, 0.29) is 11.8 Å². The van der Waals surface area contributed by atoms with E-state index in [2.05, 4.69) is 10.2 Å². The first-order chi connectivity index (χ1) is 8.81. The molecular weight excluding hydrogens is 254 g/mol. The second-order valence-electron chi connectivity index (χ2n) is 4.25. The number of H-pyrrole nitrogens is 1. The van der Waals surface area contributed by atoms with Gasteiger partial charge in [-0.3, -0.25) is 4.57 Å². The fourth-order valence-corrected chi connectivity index (χ4v) is 2.80. The second kappa shape index (κ2) is 6.96. The van der Waals surface area contributed by atoms with Crippen LogP contribution in [0.3, 0.4) is 0 Å². The van der Waals surface area contributed by atoms with Crippen LogP contribution in [0.4, 0.5) is 0 Å². The SMILES string of the molecule is COCCCSc1n[nH]c(=O)n1CC1CCCO1. The second-order valence-corrected chi connectivity index (χ2v) is 5.31. The van der Waals surface area contributed by atoms with Crippen LogP contribution >= 0.6 is 11.8 Å². The molecule has 0 aliphatic carbocycles. The third kappa shape index (κ3) is 3.60. The molecular formula is C11H19N3O3S. The normalized spacial score (nSPS) is 19.5. The molecule has 7 heteroatoms. The summed E-state index contributed by atoms with van der Waals surface area (Å²) in [4.78, 5) is 11.7. The monoisotopic (exact) mass is 273 g/mol. The maximum atomic E-state index is 11.7. The number of nitrogens with zero attached hydrogens (tertiary/aromatic N) is 2. The highest BCUT2D eigenvalue weighted by molar-refractivity contribution is 7.99. The third-order valence-electron chi connectivity index (χ3n) is 2.86. The molecule has 2 heterocycles. The summed E-state index contributed by atoms with van der Waals surface area (Å²) in [5, 5.41) is 7.29. The first-order valence-electron chi connectivity index (χ1n) is 6.20. The van der Waals surface area contributed by atoms with Crippen molar-refractivity contribution in [2.24, 2.45) is 0 Å². The van der Waals surface area contributed by atoms with E-state index in [1.165, 1.54) is 0 Å². The predicted octanol–water partition coefficient (Wildman–Crippen LogP) is 0.879. The molecule has 0 radical (unpaired) electrons. The number of rotatable bonds is 7. The minimum absolute atomic E-state index is 0.152. The van der Waals surface area contributed by atoms with Gasteiger partial charge in [0.05, 0.1) is 12.6 Å². The zero-order chi connectivity index (χ0) is 12.8. The highest BCUT2D eigenvalue weighted by Gasteiger charge is 2.19. The van der Waals surface area contributed by atoms with Crippen molar-refractivity contribution in [3.8, 4) is 0 Å². The Morgan fingerprint density at radius 3 is 3.28 bits per heavy atom. The Morgan fingerprint density at radius 1 is 1.67 bits per heavy atom. The lowest BCUT2D eigenvalue weighted by Crippen LogP contribution is -2.25. The molecule has 1 fully saturated rings. The van der Waals surface area contributed by atoms with Crippen LogP contribution in [0.5, 0.6) is 0 Å². The van der Waals surface area contributed by atoms with Crippen LogP contribution in [0.2, 0.25) is 0 Å². The van der Waals surface area contributed by atoms with Crippen molar-refractivity contribution < 1.29 is 9.47 Å². The van der Waals surface area contributed by atoms with E-state index >= 15 is 0 Å². The molecule has 1 saturated heterocycles. The van der Waals surface area contributed by atoms with Crippen molar-refractivity contribution in [1.82, 2.24) is 14.8 Å². The summed E-state index contributed by atoms with van der Waals surface area (Å²) in [6.07, 6.45) is 3.19. The standard InChI is InChI=1S/C11H19N3O3S/c1-16-5-3-7-18-11-13-12-10(15)14(11)8-9-4-2-6-17-9/h9H,2-8H2,1H3,(H,12,15). The van der Waals surface area contributed by atoms with Crippen molar-refractivity contribution in [3.63, 3.8) is 0 Å². The van der Waals surface area contributed by atoms with E-state index in [9.17, 15) is 4.79 Å². The summed E-state index contributed by atoms with van der Waals surface area (Å²) in [6.45, 7) is 2.13. The molecule has 6 nitrogen and oxygen atoms in total. The van der Waals surface area contributed by atoms with Crippen LogP contribution < -0.4 is 5.69 Å². The lowest BCUT2D eigenvalue weighted by molar-refractivity contribution is 0.0941. The number of hydrogen-bond acceptors (Lipinski definition) is 5. The van der Waals surface area contributed by atoms with Crippen LogP contribution in [0.15, 0.2) is 9.95 Å². The van der Waals surface area contributed by atoms with Gasteiger partial charge in [-0.25, -0.2) is 9.89 Å². The van der Waals surface area contributed by atoms with E-state index in [4.69, 9.17) is 9.47 Å². The molecule has 1 aliphatic rings. The predicted molar refractivity (Wildman–Crippen MR) is 69.0 cm³/mol. The van der Waals surface area contributed by atoms with Crippen molar-refractivity contribution in [2.75, 3.05) is 26.1 Å². The van der Waals surface area contributed by atoms with Crippen molar-refractivity contribution in [1.29, 1.82) is 0 Å². The fourth-order valence-electron chi connectivity index (χ4n) is 1.93. The largest absolute Gasteiger partial charge is 0.385 e. The molecule has 1 aliphatic heterocycles. The number of hydrogen-bond donors (Lipinski definition) is 1. The van der Waals surface area contributed by atoms with E-state index in [0.717, 1.165) is 43.4 Å². The number of methoxy groups -OCH3 is 1. The first-order valence-corrected chi connectivity index (χ1v) is 7.18. The number of thioether (sulfide) groups is 1. The molecule has 1 aromatic heterocycles. The maximum absolute atomic E-state index is 11.7. The number of aromatic nitrogens is 3. The first kappa shape index (κ1) is 13.6. The summed E-state index contributed by atoms with van der Waals surface area (Å²) < 4.78 is 12.2. The molecule has 1 N–H and O–H groups in total. The van der Waals surface area contributed by atoms with Gasteiger partial charge >= 0.3 is 5.69 Å². The van der Waals surface area contributed by atoms with Gasteiger partial charge in [0.2, 0.25) is 0 Å². The molecule has 0 saturated carbocycles. The third-order valence-corrected chi connectivity index (χ3v) is 3.92. The minimum Gasteiger partial charge on any atom is -0.385 e. The topological polar surface area (TPSA) is 69.1 Å².